The Hall–Kier alpha value is -2.34. The summed E-state index contributed by atoms with van der Waals surface area (Å²) in [4.78, 5) is 29.6. The fourth-order valence-electron chi connectivity index (χ4n) is 3.15. The van der Waals surface area contributed by atoms with Crippen molar-refractivity contribution in [1.29, 1.82) is 0 Å². The van der Waals surface area contributed by atoms with Crippen LogP contribution >= 0.6 is 11.3 Å². The van der Waals surface area contributed by atoms with Crippen molar-refractivity contribution in [2.75, 3.05) is 20.7 Å². The van der Waals surface area contributed by atoms with E-state index in [1.54, 1.807) is 24.0 Å². The molecule has 2 amide bonds. The molecule has 1 aliphatic heterocycles. The SMILES string of the molecule is COc1ccc(CN(C)C(=O)C2CCCN2C(=O)c2cccs2)cc1. The molecule has 1 atom stereocenters. The predicted octanol–water partition coefficient (Wildman–Crippen LogP) is 3.02. The van der Waals surface area contributed by atoms with Gasteiger partial charge in [0.15, 0.2) is 0 Å². The van der Waals surface area contributed by atoms with Crippen LogP contribution in [0.4, 0.5) is 0 Å². The molecule has 6 heteroatoms. The summed E-state index contributed by atoms with van der Waals surface area (Å²) in [5.74, 6) is 0.753. The van der Waals surface area contributed by atoms with E-state index in [0.29, 0.717) is 18.0 Å². The Bertz CT molecular complexity index is 728. The second kappa shape index (κ2) is 7.70. The minimum absolute atomic E-state index is 0.00164. The van der Waals surface area contributed by atoms with E-state index in [1.165, 1.54) is 11.3 Å². The lowest BCUT2D eigenvalue weighted by atomic mass is 10.1. The lowest BCUT2D eigenvalue weighted by molar-refractivity contribution is -0.134. The van der Waals surface area contributed by atoms with E-state index < -0.39 is 0 Å². The average Bonchev–Trinajstić information content (AvgIpc) is 3.32. The zero-order valence-electron chi connectivity index (χ0n) is 14.5. The Kier molecular flexibility index (Phi) is 5.38. The van der Waals surface area contributed by atoms with Crippen LogP contribution in [0.3, 0.4) is 0 Å². The highest BCUT2D eigenvalue weighted by Crippen LogP contribution is 2.24. The molecule has 0 bridgehead atoms. The Morgan fingerprint density at radius 1 is 1.28 bits per heavy atom. The number of carbonyl (C=O) groups is 2. The normalized spacial score (nSPS) is 16.7. The zero-order valence-corrected chi connectivity index (χ0v) is 15.3. The first-order chi connectivity index (χ1) is 12.1. The van der Waals surface area contributed by atoms with E-state index in [1.807, 2.05) is 41.8 Å². The molecule has 1 fully saturated rings. The maximum Gasteiger partial charge on any atom is 0.264 e. The van der Waals surface area contributed by atoms with Gasteiger partial charge < -0.3 is 14.5 Å². The molecule has 5 nitrogen and oxygen atoms in total. The molecule has 0 radical (unpaired) electrons. The van der Waals surface area contributed by atoms with Crippen molar-refractivity contribution in [1.82, 2.24) is 9.80 Å². The van der Waals surface area contributed by atoms with E-state index >= 15 is 0 Å². The molecule has 1 aromatic heterocycles. The topological polar surface area (TPSA) is 49.9 Å². The van der Waals surface area contributed by atoms with Gasteiger partial charge in [-0.05, 0) is 42.0 Å². The van der Waals surface area contributed by atoms with Gasteiger partial charge in [-0.1, -0.05) is 18.2 Å². The molecule has 1 saturated heterocycles. The van der Waals surface area contributed by atoms with Crippen LogP contribution in [0.25, 0.3) is 0 Å². The smallest absolute Gasteiger partial charge is 0.264 e. The molecule has 3 rings (SSSR count). The van der Waals surface area contributed by atoms with Gasteiger partial charge >= 0.3 is 0 Å². The van der Waals surface area contributed by atoms with Gasteiger partial charge in [-0.15, -0.1) is 11.3 Å². The van der Waals surface area contributed by atoms with Gasteiger partial charge in [0, 0.05) is 20.1 Å². The largest absolute Gasteiger partial charge is 0.497 e. The Labute approximate surface area is 151 Å². The molecule has 0 N–H and O–H groups in total. The molecule has 1 aromatic carbocycles. The molecule has 2 aromatic rings. The average molecular weight is 358 g/mol. The number of benzene rings is 1. The van der Waals surface area contributed by atoms with Crippen LogP contribution < -0.4 is 4.74 Å². The Morgan fingerprint density at radius 3 is 2.68 bits per heavy atom. The van der Waals surface area contributed by atoms with E-state index in [4.69, 9.17) is 4.74 Å². The van der Waals surface area contributed by atoms with Crippen molar-refractivity contribution in [2.24, 2.45) is 0 Å². The van der Waals surface area contributed by atoms with Gasteiger partial charge in [0.1, 0.15) is 11.8 Å². The summed E-state index contributed by atoms with van der Waals surface area (Å²) in [6, 6.07) is 11.0. The maximum absolute atomic E-state index is 12.9. The van der Waals surface area contributed by atoms with Crippen LogP contribution in [-0.2, 0) is 11.3 Å². The summed E-state index contributed by atoms with van der Waals surface area (Å²) >= 11 is 1.42. The fraction of sp³-hybridized carbons (Fsp3) is 0.368. The first-order valence-corrected chi connectivity index (χ1v) is 9.20. The third-order valence-electron chi connectivity index (χ3n) is 4.49. The highest BCUT2D eigenvalue weighted by Gasteiger charge is 2.36. The number of hydrogen-bond donors (Lipinski definition) is 0. The van der Waals surface area contributed by atoms with E-state index in [0.717, 1.165) is 24.2 Å². The number of thiophene rings is 1. The van der Waals surface area contributed by atoms with Gasteiger partial charge in [-0.3, -0.25) is 9.59 Å². The molecule has 25 heavy (non-hydrogen) atoms. The number of likely N-dealkylation sites (N-methyl/N-ethyl adjacent to an activating group) is 1. The molecular formula is C19H22N2O3S. The summed E-state index contributed by atoms with van der Waals surface area (Å²) in [6.45, 7) is 1.16. The quantitative estimate of drug-likeness (QED) is 0.825. The van der Waals surface area contributed by atoms with Crippen molar-refractivity contribution in [3.8, 4) is 5.75 Å². The van der Waals surface area contributed by atoms with Gasteiger partial charge in [0.25, 0.3) is 5.91 Å². The number of ether oxygens (including phenoxy) is 1. The lowest BCUT2D eigenvalue weighted by Crippen LogP contribution is -2.46. The minimum atomic E-state index is -0.363. The molecular weight excluding hydrogens is 336 g/mol. The summed E-state index contributed by atoms with van der Waals surface area (Å²) in [5.41, 5.74) is 1.03. The van der Waals surface area contributed by atoms with E-state index in [-0.39, 0.29) is 17.9 Å². The molecule has 0 spiro atoms. The Balaban J connectivity index is 1.66. The molecule has 2 heterocycles. The zero-order chi connectivity index (χ0) is 17.8. The first-order valence-electron chi connectivity index (χ1n) is 8.32. The highest BCUT2D eigenvalue weighted by molar-refractivity contribution is 7.12. The predicted molar refractivity (Wildman–Crippen MR) is 97.8 cm³/mol. The van der Waals surface area contributed by atoms with Crippen molar-refractivity contribution in [2.45, 2.75) is 25.4 Å². The van der Waals surface area contributed by atoms with Gasteiger partial charge in [0.2, 0.25) is 5.91 Å². The van der Waals surface area contributed by atoms with Crippen molar-refractivity contribution in [3.63, 3.8) is 0 Å². The molecule has 1 unspecified atom stereocenters. The summed E-state index contributed by atoms with van der Waals surface area (Å²) in [5, 5.41) is 1.88. The molecule has 1 aliphatic rings. The number of nitrogens with zero attached hydrogens (tertiary/aromatic N) is 2. The summed E-state index contributed by atoms with van der Waals surface area (Å²) in [7, 11) is 3.42. The summed E-state index contributed by atoms with van der Waals surface area (Å²) < 4.78 is 5.15. The van der Waals surface area contributed by atoms with Crippen molar-refractivity contribution >= 4 is 23.2 Å². The number of likely N-dealkylation sites (tertiary alicyclic amines) is 1. The molecule has 0 saturated carbocycles. The van der Waals surface area contributed by atoms with Crippen LogP contribution in [-0.4, -0.2) is 48.4 Å². The summed E-state index contributed by atoms with van der Waals surface area (Å²) in [6.07, 6.45) is 1.59. The number of rotatable bonds is 5. The maximum atomic E-state index is 12.9. The monoisotopic (exact) mass is 358 g/mol. The Morgan fingerprint density at radius 2 is 2.04 bits per heavy atom. The standard InChI is InChI=1S/C19H22N2O3S/c1-20(13-14-7-9-15(24-2)10-8-14)18(22)16-5-3-11-21(16)19(23)17-6-4-12-25-17/h4,6-10,12,16H,3,5,11,13H2,1-2H3. The fourth-order valence-corrected chi connectivity index (χ4v) is 3.82. The third kappa shape index (κ3) is 3.85. The number of methoxy groups -OCH3 is 1. The van der Waals surface area contributed by atoms with Gasteiger partial charge in [-0.25, -0.2) is 0 Å². The first kappa shape index (κ1) is 17.5. The second-order valence-corrected chi connectivity index (χ2v) is 7.12. The van der Waals surface area contributed by atoms with Gasteiger partial charge in [0.05, 0.1) is 12.0 Å². The van der Waals surface area contributed by atoms with Crippen molar-refractivity contribution in [3.05, 3.63) is 52.2 Å². The second-order valence-electron chi connectivity index (χ2n) is 6.18. The van der Waals surface area contributed by atoms with Crippen LogP contribution in [0.15, 0.2) is 41.8 Å². The number of carbonyl (C=O) groups excluding carboxylic acids is 2. The lowest BCUT2D eigenvalue weighted by Gasteiger charge is -2.28. The minimum Gasteiger partial charge on any atom is -0.497 e. The third-order valence-corrected chi connectivity index (χ3v) is 5.34. The number of amides is 2. The number of hydrogen-bond acceptors (Lipinski definition) is 4. The van der Waals surface area contributed by atoms with Crippen LogP contribution in [0.1, 0.15) is 28.1 Å². The van der Waals surface area contributed by atoms with E-state index in [9.17, 15) is 9.59 Å². The van der Waals surface area contributed by atoms with E-state index in [2.05, 4.69) is 0 Å². The molecule has 0 aliphatic carbocycles. The highest BCUT2D eigenvalue weighted by atomic mass is 32.1. The van der Waals surface area contributed by atoms with Gasteiger partial charge in [-0.2, -0.15) is 0 Å². The van der Waals surface area contributed by atoms with Crippen LogP contribution in [0.2, 0.25) is 0 Å². The molecule has 132 valence electrons. The van der Waals surface area contributed by atoms with Crippen LogP contribution in [0, 0.1) is 0 Å². The van der Waals surface area contributed by atoms with Crippen LogP contribution in [0.5, 0.6) is 5.75 Å². The van der Waals surface area contributed by atoms with Crippen molar-refractivity contribution < 1.29 is 14.3 Å².